The Balaban J connectivity index is 1.52. The average Bonchev–Trinajstić information content (AvgIpc) is 3.14. The number of ether oxygens (including phenoxy) is 1. The van der Waals surface area contributed by atoms with Gasteiger partial charge < -0.3 is 15.0 Å². The summed E-state index contributed by atoms with van der Waals surface area (Å²) in [6, 6.07) is 17.6. The van der Waals surface area contributed by atoms with Gasteiger partial charge in [-0.15, -0.1) is 0 Å². The van der Waals surface area contributed by atoms with E-state index in [1.54, 1.807) is 30.2 Å². The van der Waals surface area contributed by atoms with Crippen LogP contribution < -0.4 is 14.4 Å². The van der Waals surface area contributed by atoms with Crippen molar-refractivity contribution >= 4 is 38.3 Å². The van der Waals surface area contributed by atoms with Gasteiger partial charge in [0.05, 0.1) is 17.7 Å². The van der Waals surface area contributed by atoms with E-state index in [2.05, 4.69) is 5.32 Å². The van der Waals surface area contributed by atoms with Gasteiger partial charge in [0, 0.05) is 31.4 Å². The van der Waals surface area contributed by atoms with Gasteiger partial charge in [0.1, 0.15) is 11.8 Å². The van der Waals surface area contributed by atoms with Crippen molar-refractivity contribution in [3.05, 3.63) is 66.2 Å². The number of benzene rings is 3. The summed E-state index contributed by atoms with van der Waals surface area (Å²) >= 11 is 0. The maximum absolute atomic E-state index is 13.6. The predicted molar refractivity (Wildman–Crippen MR) is 149 cm³/mol. The molecule has 1 aliphatic heterocycles. The van der Waals surface area contributed by atoms with Crippen LogP contribution in [0.2, 0.25) is 0 Å². The van der Waals surface area contributed by atoms with Crippen molar-refractivity contribution in [3.8, 4) is 5.75 Å². The summed E-state index contributed by atoms with van der Waals surface area (Å²) < 4.78 is 33.3. The van der Waals surface area contributed by atoms with Crippen molar-refractivity contribution in [3.63, 3.8) is 0 Å². The topological polar surface area (TPSA) is 96.0 Å². The number of methoxy groups -OCH3 is 1. The Bertz CT molecular complexity index is 1420. The highest BCUT2D eigenvalue weighted by molar-refractivity contribution is 7.93. The van der Waals surface area contributed by atoms with Crippen LogP contribution in [-0.4, -0.2) is 51.4 Å². The van der Waals surface area contributed by atoms with E-state index in [0.29, 0.717) is 35.7 Å². The molecule has 38 heavy (non-hydrogen) atoms. The second-order valence-electron chi connectivity index (χ2n) is 9.40. The lowest BCUT2D eigenvalue weighted by Crippen LogP contribution is -2.49. The quantitative estimate of drug-likeness (QED) is 0.368. The van der Waals surface area contributed by atoms with Crippen LogP contribution in [0, 0.1) is 0 Å². The van der Waals surface area contributed by atoms with E-state index in [4.69, 9.17) is 4.74 Å². The number of hydrogen-bond donors (Lipinski definition) is 1. The Hall–Kier alpha value is -3.59. The Morgan fingerprint density at radius 3 is 2.50 bits per heavy atom. The highest BCUT2D eigenvalue weighted by atomic mass is 32.2. The second kappa shape index (κ2) is 11.9. The number of nitrogens with one attached hydrogen (secondary N) is 1. The minimum absolute atomic E-state index is 0.111. The van der Waals surface area contributed by atoms with E-state index in [-0.39, 0.29) is 31.3 Å². The third kappa shape index (κ3) is 5.48. The lowest BCUT2D eigenvalue weighted by atomic mass is 10.1. The molecule has 1 aliphatic rings. The molecule has 4 rings (SSSR count). The maximum Gasteiger partial charge on any atom is 0.265 e. The third-order valence-corrected chi connectivity index (χ3v) is 8.71. The molecule has 0 radical (unpaired) electrons. The number of carbonyl (C=O) groups excluding carboxylic acids is 2. The first-order valence-corrected chi connectivity index (χ1v) is 14.5. The molecule has 1 N–H and O–H groups in total. The summed E-state index contributed by atoms with van der Waals surface area (Å²) in [5, 5.41) is 4.51. The predicted octanol–water partition coefficient (Wildman–Crippen LogP) is 4.47. The Morgan fingerprint density at radius 1 is 1.05 bits per heavy atom. The van der Waals surface area contributed by atoms with Crippen molar-refractivity contribution in [1.82, 2.24) is 10.2 Å². The van der Waals surface area contributed by atoms with Gasteiger partial charge in [0.2, 0.25) is 11.8 Å². The SMILES string of the molecule is CCCNC(=O)C(CC)N(Cc1cccc(OC)c1)C(=O)CCCN1c2cccc3cccc(c23)S1(=O)=O. The van der Waals surface area contributed by atoms with E-state index in [1.807, 2.05) is 56.3 Å². The van der Waals surface area contributed by atoms with Gasteiger partial charge in [-0.2, -0.15) is 0 Å². The summed E-state index contributed by atoms with van der Waals surface area (Å²) in [5.74, 6) is 0.292. The van der Waals surface area contributed by atoms with Crippen LogP contribution in [0.25, 0.3) is 10.8 Å². The average molecular weight is 538 g/mol. The number of nitrogens with zero attached hydrogens (tertiary/aromatic N) is 2. The molecular weight excluding hydrogens is 502 g/mol. The Labute approximate surface area is 224 Å². The Morgan fingerprint density at radius 2 is 1.79 bits per heavy atom. The minimum Gasteiger partial charge on any atom is -0.497 e. The first-order valence-electron chi connectivity index (χ1n) is 13.1. The summed E-state index contributed by atoms with van der Waals surface area (Å²) in [4.78, 5) is 28.5. The Kier molecular flexibility index (Phi) is 8.56. The summed E-state index contributed by atoms with van der Waals surface area (Å²) in [6.07, 6.45) is 1.69. The molecular formula is C29H35N3O5S. The van der Waals surface area contributed by atoms with Gasteiger partial charge in [-0.3, -0.25) is 13.9 Å². The van der Waals surface area contributed by atoms with Crippen molar-refractivity contribution in [1.29, 1.82) is 0 Å². The molecule has 0 fully saturated rings. The number of sulfonamides is 1. The van der Waals surface area contributed by atoms with E-state index >= 15 is 0 Å². The normalized spacial score (nSPS) is 14.3. The number of hydrogen-bond acceptors (Lipinski definition) is 5. The molecule has 2 amide bonds. The van der Waals surface area contributed by atoms with Crippen LogP contribution in [0.1, 0.15) is 45.1 Å². The number of carbonyl (C=O) groups is 2. The smallest absolute Gasteiger partial charge is 0.265 e. The first-order chi connectivity index (χ1) is 18.3. The fraction of sp³-hybridized carbons (Fsp3) is 0.379. The summed E-state index contributed by atoms with van der Waals surface area (Å²) in [5.41, 5.74) is 1.49. The molecule has 8 nitrogen and oxygen atoms in total. The number of rotatable bonds is 12. The summed E-state index contributed by atoms with van der Waals surface area (Å²) in [7, 11) is -2.10. The van der Waals surface area contributed by atoms with Gasteiger partial charge >= 0.3 is 0 Å². The van der Waals surface area contributed by atoms with Crippen molar-refractivity contribution in [2.24, 2.45) is 0 Å². The molecule has 3 aromatic carbocycles. The standard InChI is InChI=1S/C29H35N3O5S/c1-4-17-30-29(34)24(5-2)31(20-21-10-6-13-23(19-21)37-3)27(33)16-9-18-32-25-14-7-11-22-12-8-15-26(28(22)25)38(32,35)36/h6-8,10-15,19,24H,4-5,9,16-18,20H2,1-3H3,(H,30,34). The van der Waals surface area contributed by atoms with Gasteiger partial charge in [-0.25, -0.2) is 8.42 Å². The van der Waals surface area contributed by atoms with Crippen LogP contribution >= 0.6 is 0 Å². The minimum atomic E-state index is -3.69. The summed E-state index contributed by atoms with van der Waals surface area (Å²) in [6.45, 7) is 4.83. The van der Waals surface area contributed by atoms with Crippen molar-refractivity contribution < 1.29 is 22.7 Å². The van der Waals surface area contributed by atoms with Gasteiger partial charge in [0.15, 0.2) is 0 Å². The molecule has 9 heteroatoms. The van der Waals surface area contributed by atoms with Crippen LogP contribution in [0.3, 0.4) is 0 Å². The van der Waals surface area contributed by atoms with Gasteiger partial charge in [-0.1, -0.05) is 50.2 Å². The fourth-order valence-corrected chi connectivity index (χ4v) is 6.72. The molecule has 0 saturated carbocycles. The maximum atomic E-state index is 13.6. The highest BCUT2D eigenvalue weighted by Gasteiger charge is 2.35. The van der Waals surface area contributed by atoms with Crippen LogP contribution in [0.4, 0.5) is 5.69 Å². The highest BCUT2D eigenvalue weighted by Crippen LogP contribution is 2.42. The second-order valence-corrected chi connectivity index (χ2v) is 11.2. The van der Waals surface area contributed by atoms with Gasteiger partial charge in [-0.05, 0) is 54.5 Å². The molecule has 0 bridgehead atoms. The molecule has 3 aromatic rings. The van der Waals surface area contributed by atoms with Crippen LogP contribution in [-0.2, 0) is 26.2 Å². The van der Waals surface area contributed by atoms with Crippen LogP contribution in [0.5, 0.6) is 5.75 Å². The zero-order valence-corrected chi connectivity index (χ0v) is 23.0. The first kappa shape index (κ1) is 27.4. The van der Waals surface area contributed by atoms with Gasteiger partial charge in [0.25, 0.3) is 10.0 Å². The lowest BCUT2D eigenvalue weighted by molar-refractivity contribution is -0.141. The molecule has 0 spiro atoms. The molecule has 1 heterocycles. The van der Waals surface area contributed by atoms with E-state index in [1.165, 1.54) is 4.31 Å². The molecule has 0 aromatic heterocycles. The van der Waals surface area contributed by atoms with Crippen LogP contribution in [0.15, 0.2) is 65.6 Å². The largest absolute Gasteiger partial charge is 0.497 e. The number of amides is 2. The molecule has 1 unspecified atom stereocenters. The molecule has 1 atom stereocenters. The zero-order chi connectivity index (χ0) is 27.3. The lowest BCUT2D eigenvalue weighted by Gasteiger charge is -2.31. The third-order valence-electron chi connectivity index (χ3n) is 6.86. The van der Waals surface area contributed by atoms with Crippen molar-refractivity contribution in [2.75, 3.05) is 24.5 Å². The number of anilines is 1. The molecule has 0 saturated heterocycles. The van der Waals surface area contributed by atoms with Crippen molar-refractivity contribution in [2.45, 2.75) is 57.0 Å². The van der Waals surface area contributed by atoms with E-state index < -0.39 is 16.1 Å². The molecule has 202 valence electrons. The van der Waals surface area contributed by atoms with E-state index in [0.717, 1.165) is 22.8 Å². The fourth-order valence-electron chi connectivity index (χ4n) is 4.97. The zero-order valence-electron chi connectivity index (χ0n) is 22.1. The van der Waals surface area contributed by atoms with E-state index in [9.17, 15) is 18.0 Å². The monoisotopic (exact) mass is 537 g/mol. The molecule has 0 aliphatic carbocycles.